The topological polar surface area (TPSA) is 72.6 Å². The van der Waals surface area contributed by atoms with Gasteiger partial charge in [-0.25, -0.2) is 17.9 Å². The molecule has 8 heteroatoms. The van der Waals surface area contributed by atoms with Gasteiger partial charge in [-0.1, -0.05) is 0 Å². The van der Waals surface area contributed by atoms with Gasteiger partial charge in [0.15, 0.2) is 0 Å². The Kier molecular flexibility index (Phi) is 5.87. The van der Waals surface area contributed by atoms with Crippen molar-refractivity contribution in [3.8, 4) is 11.5 Å². The lowest BCUT2D eigenvalue weighted by molar-refractivity contribution is 0.387. The minimum Gasteiger partial charge on any atom is -0.457 e. The highest BCUT2D eigenvalue weighted by Crippen LogP contribution is 2.30. The molecule has 2 N–H and O–H groups in total. The standard InChI is InChI=1S/C16H19FN2O3S2/c1-19(2)10-11-8-13(24(18,20)21)5-6-15(11)22-12-4-7-16(23-3)14(17)9-12/h4-9H,10H2,1-3H3,(H2,18,20,21). The summed E-state index contributed by atoms with van der Waals surface area (Å²) in [5.74, 6) is 0.427. The van der Waals surface area contributed by atoms with Crippen LogP contribution < -0.4 is 9.88 Å². The number of hydrogen-bond donors (Lipinski definition) is 1. The number of primary sulfonamides is 1. The second-order valence-corrected chi connectivity index (χ2v) is 7.86. The highest BCUT2D eigenvalue weighted by molar-refractivity contribution is 7.98. The van der Waals surface area contributed by atoms with Gasteiger partial charge in [0.2, 0.25) is 10.0 Å². The third-order valence-corrected chi connectivity index (χ3v) is 4.88. The molecule has 0 saturated heterocycles. The van der Waals surface area contributed by atoms with E-state index in [-0.39, 0.29) is 10.7 Å². The summed E-state index contributed by atoms with van der Waals surface area (Å²) in [6, 6.07) is 8.98. The Labute approximate surface area is 145 Å². The lowest BCUT2D eigenvalue weighted by Crippen LogP contribution is -2.15. The molecular formula is C16H19FN2O3S2. The van der Waals surface area contributed by atoms with Crippen LogP contribution in [0.2, 0.25) is 0 Å². The van der Waals surface area contributed by atoms with E-state index in [4.69, 9.17) is 9.88 Å². The fraction of sp³-hybridized carbons (Fsp3) is 0.250. The van der Waals surface area contributed by atoms with Crippen molar-refractivity contribution in [1.82, 2.24) is 4.90 Å². The summed E-state index contributed by atoms with van der Waals surface area (Å²) in [6.07, 6.45) is 1.79. The van der Waals surface area contributed by atoms with E-state index in [0.29, 0.717) is 28.5 Å². The zero-order valence-electron chi connectivity index (χ0n) is 13.6. The van der Waals surface area contributed by atoms with E-state index < -0.39 is 10.0 Å². The molecule has 0 aliphatic carbocycles. The molecule has 0 aromatic heterocycles. The molecule has 0 fully saturated rings. The smallest absolute Gasteiger partial charge is 0.238 e. The van der Waals surface area contributed by atoms with Crippen LogP contribution in [0.5, 0.6) is 11.5 Å². The number of rotatable bonds is 6. The predicted molar refractivity (Wildman–Crippen MR) is 93.5 cm³/mol. The van der Waals surface area contributed by atoms with Gasteiger partial charge in [-0.3, -0.25) is 0 Å². The number of thioether (sulfide) groups is 1. The lowest BCUT2D eigenvalue weighted by atomic mass is 10.2. The zero-order chi connectivity index (χ0) is 17.9. The van der Waals surface area contributed by atoms with E-state index >= 15 is 0 Å². The molecule has 0 heterocycles. The molecule has 0 bridgehead atoms. The first-order valence-electron chi connectivity index (χ1n) is 7.02. The van der Waals surface area contributed by atoms with Gasteiger partial charge in [-0.2, -0.15) is 0 Å². The Hall–Kier alpha value is -1.61. The SMILES string of the molecule is CSc1ccc(Oc2ccc(S(N)(=O)=O)cc2CN(C)C)cc1F. The van der Waals surface area contributed by atoms with Crippen molar-refractivity contribution in [2.75, 3.05) is 20.4 Å². The average molecular weight is 370 g/mol. The Morgan fingerprint density at radius 2 is 1.92 bits per heavy atom. The van der Waals surface area contributed by atoms with Crippen LogP contribution in [0, 0.1) is 5.82 Å². The van der Waals surface area contributed by atoms with Crippen molar-refractivity contribution in [1.29, 1.82) is 0 Å². The number of sulfonamides is 1. The van der Waals surface area contributed by atoms with Gasteiger partial charge in [0.05, 0.1) is 4.90 Å². The monoisotopic (exact) mass is 370 g/mol. The van der Waals surface area contributed by atoms with Crippen LogP contribution in [-0.2, 0) is 16.6 Å². The average Bonchev–Trinajstić information content (AvgIpc) is 2.47. The number of ether oxygens (including phenoxy) is 1. The van der Waals surface area contributed by atoms with Crippen molar-refractivity contribution in [2.24, 2.45) is 5.14 Å². The Morgan fingerprint density at radius 1 is 1.21 bits per heavy atom. The van der Waals surface area contributed by atoms with Gasteiger partial charge in [-0.05, 0) is 50.7 Å². The maximum atomic E-state index is 13.9. The van der Waals surface area contributed by atoms with E-state index in [1.165, 1.54) is 36.0 Å². The van der Waals surface area contributed by atoms with E-state index in [1.807, 2.05) is 19.0 Å². The van der Waals surface area contributed by atoms with Crippen molar-refractivity contribution >= 4 is 21.8 Å². The minimum atomic E-state index is -3.80. The first kappa shape index (κ1) is 18.7. The molecule has 0 radical (unpaired) electrons. The zero-order valence-corrected chi connectivity index (χ0v) is 15.2. The summed E-state index contributed by atoms with van der Waals surface area (Å²) >= 11 is 1.31. The van der Waals surface area contributed by atoms with Crippen LogP contribution in [0.25, 0.3) is 0 Å². The first-order chi connectivity index (χ1) is 11.2. The predicted octanol–water partition coefficient (Wildman–Crippen LogP) is 3.05. The maximum Gasteiger partial charge on any atom is 0.238 e. The molecule has 0 aliphatic rings. The van der Waals surface area contributed by atoms with E-state index in [1.54, 1.807) is 18.4 Å². The summed E-state index contributed by atoms with van der Waals surface area (Å²) in [6.45, 7) is 0.448. The molecule has 0 atom stereocenters. The van der Waals surface area contributed by atoms with Crippen LogP contribution in [0.4, 0.5) is 4.39 Å². The van der Waals surface area contributed by atoms with E-state index in [0.717, 1.165) is 0 Å². The number of nitrogens with two attached hydrogens (primary N) is 1. The summed E-state index contributed by atoms with van der Waals surface area (Å²) in [4.78, 5) is 2.41. The number of halogens is 1. The molecule has 2 aromatic carbocycles. The highest BCUT2D eigenvalue weighted by Gasteiger charge is 2.14. The fourth-order valence-electron chi connectivity index (χ4n) is 2.13. The number of hydrogen-bond acceptors (Lipinski definition) is 5. The third kappa shape index (κ3) is 4.70. The van der Waals surface area contributed by atoms with Crippen LogP contribution >= 0.6 is 11.8 Å². The molecule has 24 heavy (non-hydrogen) atoms. The summed E-state index contributed by atoms with van der Waals surface area (Å²) in [7, 11) is -0.108. The summed E-state index contributed by atoms with van der Waals surface area (Å²) < 4.78 is 42.7. The Morgan fingerprint density at radius 3 is 2.46 bits per heavy atom. The molecule has 130 valence electrons. The maximum absolute atomic E-state index is 13.9. The molecule has 5 nitrogen and oxygen atoms in total. The van der Waals surface area contributed by atoms with Crippen LogP contribution in [0.1, 0.15) is 5.56 Å². The Balaban J connectivity index is 2.40. The van der Waals surface area contributed by atoms with Gasteiger partial charge in [0.25, 0.3) is 0 Å². The molecule has 0 amide bonds. The molecule has 0 unspecified atom stereocenters. The van der Waals surface area contributed by atoms with Gasteiger partial charge in [0, 0.05) is 23.1 Å². The molecule has 0 aliphatic heterocycles. The lowest BCUT2D eigenvalue weighted by Gasteiger charge is -2.16. The van der Waals surface area contributed by atoms with Crippen molar-refractivity contribution in [2.45, 2.75) is 16.3 Å². The van der Waals surface area contributed by atoms with E-state index in [9.17, 15) is 12.8 Å². The van der Waals surface area contributed by atoms with Crippen molar-refractivity contribution in [3.63, 3.8) is 0 Å². The normalized spacial score (nSPS) is 11.8. The molecule has 2 rings (SSSR count). The largest absolute Gasteiger partial charge is 0.457 e. The van der Waals surface area contributed by atoms with Crippen LogP contribution in [0.15, 0.2) is 46.2 Å². The van der Waals surface area contributed by atoms with E-state index in [2.05, 4.69) is 0 Å². The fourth-order valence-corrected chi connectivity index (χ4v) is 3.16. The summed E-state index contributed by atoms with van der Waals surface area (Å²) in [5.41, 5.74) is 0.640. The number of benzene rings is 2. The minimum absolute atomic E-state index is 0.00983. The third-order valence-electron chi connectivity index (χ3n) is 3.20. The van der Waals surface area contributed by atoms with Gasteiger partial charge < -0.3 is 9.64 Å². The second-order valence-electron chi connectivity index (χ2n) is 5.45. The van der Waals surface area contributed by atoms with Gasteiger partial charge >= 0.3 is 0 Å². The molecular weight excluding hydrogens is 351 g/mol. The second kappa shape index (κ2) is 7.52. The van der Waals surface area contributed by atoms with Crippen molar-refractivity contribution < 1.29 is 17.5 Å². The van der Waals surface area contributed by atoms with Gasteiger partial charge in [-0.15, -0.1) is 11.8 Å². The van der Waals surface area contributed by atoms with Gasteiger partial charge in [0.1, 0.15) is 17.3 Å². The molecule has 0 saturated carbocycles. The Bertz CT molecular complexity index is 839. The van der Waals surface area contributed by atoms with Crippen molar-refractivity contribution in [3.05, 3.63) is 47.8 Å². The highest BCUT2D eigenvalue weighted by atomic mass is 32.2. The number of nitrogens with zero attached hydrogens (tertiary/aromatic N) is 1. The quantitative estimate of drug-likeness (QED) is 0.791. The summed E-state index contributed by atoms with van der Waals surface area (Å²) in [5, 5.41) is 5.18. The van der Waals surface area contributed by atoms with Crippen LogP contribution in [-0.4, -0.2) is 33.7 Å². The molecule has 0 spiro atoms. The first-order valence-corrected chi connectivity index (χ1v) is 9.79. The van der Waals surface area contributed by atoms with Crippen LogP contribution in [0.3, 0.4) is 0 Å². The molecule has 2 aromatic rings.